The first-order valence-electron chi connectivity index (χ1n) is 43.3. The lowest BCUT2D eigenvalue weighted by Crippen LogP contribution is -2.30. The van der Waals surface area contributed by atoms with E-state index in [1.54, 1.807) is 0 Å². The van der Waals surface area contributed by atoms with E-state index < -0.39 is 97.5 Å². The topological polar surface area (TPSA) is 237 Å². The maximum absolute atomic E-state index is 13.1. The smallest absolute Gasteiger partial charge is 0.462 e. The fourth-order valence-electron chi connectivity index (χ4n) is 10.2. The molecule has 0 aliphatic heterocycles. The molecule has 0 aromatic carbocycles. The van der Waals surface area contributed by atoms with Crippen LogP contribution in [0.15, 0.2) is 243 Å². The lowest BCUT2D eigenvalue weighted by molar-refractivity contribution is -0.161. The second kappa shape index (κ2) is 85.7. The summed E-state index contributed by atoms with van der Waals surface area (Å²) >= 11 is 0. The number of allylic oxidation sites excluding steroid dienone is 40. The van der Waals surface area contributed by atoms with Crippen LogP contribution in [0.25, 0.3) is 0 Å². The van der Waals surface area contributed by atoms with Gasteiger partial charge in [-0.3, -0.25) is 37.3 Å². The number of unbranched alkanes of at least 4 members (excludes halogenated alkanes) is 12. The van der Waals surface area contributed by atoms with E-state index in [4.69, 9.17) is 37.0 Å². The summed E-state index contributed by atoms with van der Waals surface area (Å²) < 4.78 is 68.5. The van der Waals surface area contributed by atoms with E-state index in [1.165, 1.54) is 77.0 Å². The molecule has 650 valence electrons. The molecule has 3 N–H and O–H groups in total. The highest BCUT2D eigenvalue weighted by Gasteiger charge is 2.30. The largest absolute Gasteiger partial charge is 0.472 e. The SMILES string of the molecule is CCCCC/C=C\C/C=C\C/C=C\C/C=C\C/C=C\CCC(=O)OC[C@H](COP(=O)(O)OCC(O)COP(=O)(O)OC[C@@H](COC(=O)CC/C=C\C/C=C\C/C=C\C/C=C\C/C=C\CCCCC)OC(=O)CC/C=C\C/C=C\C/C=C\C/C=C\C/C=C\CCCCC)OC(=O)CC/C=C\C/C=C\C/C=C\C/C=C\C/C=C\CCCCC. The molecule has 0 amide bonds. The van der Waals surface area contributed by atoms with Gasteiger partial charge in [0.05, 0.1) is 26.4 Å². The Hall–Kier alpha value is -7.14. The van der Waals surface area contributed by atoms with Crippen LogP contribution in [0.5, 0.6) is 0 Å². The third kappa shape index (κ3) is 84.8. The molecule has 0 rings (SSSR count). The van der Waals surface area contributed by atoms with Crippen molar-refractivity contribution in [2.24, 2.45) is 0 Å². The van der Waals surface area contributed by atoms with Gasteiger partial charge in [0.2, 0.25) is 0 Å². The van der Waals surface area contributed by atoms with Gasteiger partial charge in [0.1, 0.15) is 19.3 Å². The quantitative estimate of drug-likeness (QED) is 0.0169. The number of hydrogen-bond donors (Lipinski definition) is 3. The second-order valence-electron chi connectivity index (χ2n) is 27.7. The van der Waals surface area contributed by atoms with Crippen molar-refractivity contribution in [3.8, 4) is 0 Å². The minimum Gasteiger partial charge on any atom is -0.462 e. The lowest BCUT2D eigenvalue weighted by Gasteiger charge is -2.21. The molecule has 2 unspecified atom stereocenters. The van der Waals surface area contributed by atoms with Crippen LogP contribution in [0.1, 0.15) is 285 Å². The summed E-state index contributed by atoms with van der Waals surface area (Å²) in [4.78, 5) is 73.2. The average molecular weight is 1650 g/mol. The van der Waals surface area contributed by atoms with Gasteiger partial charge in [-0.1, -0.05) is 322 Å². The number of carbonyl (C=O) groups is 4. The number of ether oxygens (including phenoxy) is 4. The molecule has 19 heteroatoms. The normalized spacial score (nSPS) is 14.9. The van der Waals surface area contributed by atoms with Crippen LogP contribution in [0, 0.1) is 0 Å². The van der Waals surface area contributed by atoms with Crippen LogP contribution in [0.2, 0.25) is 0 Å². The Morgan fingerprint density at radius 3 is 0.612 bits per heavy atom. The first-order valence-corrected chi connectivity index (χ1v) is 46.3. The summed E-state index contributed by atoms with van der Waals surface area (Å²) in [7, 11) is -10.1. The Kier molecular flexibility index (Phi) is 80.5. The predicted molar refractivity (Wildman–Crippen MR) is 481 cm³/mol. The maximum atomic E-state index is 13.1. The van der Waals surface area contributed by atoms with Crippen LogP contribution < -0.4 is 0 Å². The Morgan fingerprint density at radius 2 is 0.414 bits per heavy atom. The molecule has 4 atom stereocenters. The molecule has 0 spiro atoms. The zero-order valence-electron chi connectivity index (χ0n) is 71.3. The van der Waals surface area contributed by atoms with Crippen LogP contribution in [-0.2, 0) is 65.4 Å². The van der Waals surface area contributed by atoms with Gasteiger partial charge in [0.25, 0.3) is 0 Å². The van der Waals surface area contributed by atoms with Crippen LogP contribution in [-0.4, -0.2) is 96.7 Å². The van der Waals surface area contributed by atoms with Gasteiger partial charge in [0.15, 0.2) is 12.2 Å². The van der Waals surface area contributed by atoms with E-state index in [0.717, 1.165) is 103 Å². The summed E-state index contributed by atoms with van der Waals surface area (Å²) in [5, 5.41) is 10.7. The Balaban J connectivity index is 5.69. The minimum atomic E-state index is -5.05. The molecule has 0 saturated carbocycles. The van der Waals surface area contributed by atoms with Gasteiger partial charge in [-0.2, -0.15) is 0 Å². The number of phosphoric ester groups is 2. The van der Waals surface area contributed by atoms with Crippen LogP contribution in [0.4, 0.5) is 0 Å². The number of carbonyl (C=O) groups excluding carboxylic acids is 4. The van der Waals surface area contributed by atoms with Gasteiger partial charge < -0.3 is 33.8 Å². The average Bonchev–Trinajstić information content (AvgIpc) is 0.898. The van der Waals surface area contributed by atoms with E-state index in [9.17, 15) is 43.2 Å². The molecule has 0 saturated heterocycles. The molecule has 0 heterocycles. The highest BCUT2D eigenvalue weighted by Crippen LogP contribution is 2.45. The molecule has 0 aliphatic rings. The molecular formula is C97H150O17P2. The van der Waals surface area contributed by atoms with Crippen molar-refractivity contribution in [3.05, 3.63) is 243 Å². The first-order chi connectivity index (χ1) is 56.7. The van der Waals surface area contributed by atoms with Crippen molar-refractivity contribution in [1.29, 1.82) is 0 Å². The molecule has 0 aromatic heterocycles. The predicted octanol–water partition coefficient (Wildman–Crippen LogP) is 26.3. The van der Waals surface area contributed by atoms with Crippen molar-refractivity contribution in [2.75, 3.05) is 39.6 Å². The highest BCUT2D eigenvalue weighted by molar-refractivity contribution is 7.47. The van der Waals surface area contributed by atoms with E-state index in [0.29, 0.717) is 51.4 Å². The molecule has 0 fully saturated rings. The van der Waals surface area contributed by atoms with E-state index in [-0.39, 0.29) is 25.7 Å². The molecule has 0 radical (unpaired) electrons. The van der Waals surface area contributed by atoms with Gasteiger partial charge in [-0.25, -0.2) is 9.13 Å². The van der Waals surface area contributed by atoms with Gasteiger partial charge in [-0.05, 0) is 180 Å². The third-order valence-electron chi connectivity index (χ3n) is 16.8. The summed E-state index contributed by atoms with van der Waals surface area (Å²) in [6.07, 6.45) is 113. The molecule has 116 heavy (non-hydrogen) atoms. The number of aliphatic hydroxyl groups is 1. The van der Waals surface area contributed by atoms with Crippen molar-refractivity contribution < 1.29 is 80.2 Å². The number of phosphoric acid groups is 2. The van der Waals surface area contributed by atoms with Gasteiger partial charge in [-0.15, -0.1) is 0 Å². The number of rotatable bonds is 78. The molecule has 0 aliphatic carbocycles. The number of esters is 4. The first kappa shape index (κ1) is 109. The Morgan fingerprint density at radius 1 is 0.241 bits per heavy atom. The monoisotopic (exact) mass is 1650 g/mol. The summed E-state index contributed by atoms with van der Waals surface area (Å²) in [6, 6.07) is 0. The summed E-state index contributed by atoms with van der Waals surface area (Å²) in [5.74, 6) is -2.60. The fraction of sp³-hybridized carbons (Fsp3) is 0.546. The van der Waals surface area contributed by atoms with Crippen molar-refractivity contribution in [1.82, 2.24) is 0 Å². The zero-order chi connectivity index (χ0) is 84.5. The van der Waals surface area contributed by atoms with Gasteiger partial charge in [0, 0.05) is 25.7 Å². The molecular weight excluding hydrogens is 1500 g/mol. The fourth-order valence-corrected chi connectivity index (χ4v) is 11.8. The van der Waals surface area contributed by atoms with Crippen molar-refractivity contribution >= 4 is 39.5 Å². The molecule has 0 bridgehead atoms. The number of aliphatic hydroxyl groups excluding tert-OH is 1. The lowest BCUT2D eigenvalue weighted by atomic mass is 10.2. The van der Waals surface area contributed by atoms with Crippen molar-refractivity contribution in [3.63, 3.8) is 0 Å². The van der Waals surface area contributed by atoms with E-state index in [1.807, 2.05) is 72.9 Å². The van der Waals surface area contributed by atoms with Crippen LogP contribution >= 0.6 is 15.6 Å². The summed E-state index contributed by atoms with van der Waals surface area (Å²) in [5.41, 5.74) is 0. The number of hydrogen-bond acceptors (Lipinski definition) is 15. The minimum absolute atomic E-state index is 0.00820. The van der Waals surface area contributed by atoms with E-state index in [2.05, 4.69) is 198 Å². The Bertz CT molecular complexity index is 2950. The summed E-state index contributed by atoms with van der Waals surface area (Å²) in [6.45, 7) is 4.39. The van der Waals surface area contributed by atoms with E-state index >= 15 is 0 Å². The second-order valence-corrected chi connectivity index (χ2v) is 30.6. The highest BCUT2D eigenvalue weighted by atomic mass is 31.2. The molecule has 0 aromatic rings. The third-order valence-corrected chi connectivity index (χ3v) is 18.7. The van der Waals surface area contributed by atoms with Crippen LogP contribution in [0.3, 0.4) is 0 Å². The molecule has 17 nitrogen and oxygen atoms in total. The maximum Gasteiger partial charge on any atom is 0.472 e. The zero-order valence-corrected chi connectivity index (χ0v) is 73.1. The standard InChI is InChI=1S/C97H150O17P2/c1-5-9-13-17-21-25-29-33-37-41-45-49-53-57-61-65-69-73-77-81-94(99)107-87-92(113-96(101)83-79-75-71-67-63-59-55-51-47-43-39-35-31-27-23-19-15-11-7-3)89-111-115(103,104)109-85-91(98)86-110-116(105,106)112-90-93(114-97(102)84-80-76-72-68-64-60-56-52-48-44-40-36-32-28-24-20-16-12-8-4)88-108-95(100)82-78-74-70-66-62-58-54-50-46-42-38-34-30-26-22-18-14-10-6-2/h21-28,33-40,45-52,57-64,69-76,91-93,98H,5-20,29-32,41-44,53-56,65-68,77-90H2,1-4H3,(H,103,104)(H,105,106)/b25-21-,26-22-,27-23-,28-24-,37-33-,38-34-,39-35-,40-36-,49-45-,50-46-,51-47-,52-48-,61-57-,62-58-,63-59-,64-60-,73-69-,74-70-,75-71-,76-72-/t92-,93-/m1/s1. The Labute approximate surface area is 701 Å². The van der Waals surface area contributed by atoms with Crippen molar-refractivity contribution in [2.45, 2.75) is 303 Å². The van der Waals surface area contributed by atoms with Gasteiger partial charge >= 0.3 is 39.5 Å².